The zero-order valence-corrected chi connectivity index (χ0v) is 14.1. The minimum atomic E-state index is -1.93. The fourth-order valence-corrected chi connectivity index (χ4v) is 2.46. The van der Waals surface area contributed by atoms with Crippen molar-refractivity contribution in [1.29, 1.82) is 0 Å². The highest BCUT2D eigenvalue weighted by molar-refractivity contribution is 6.74. The van der Waals surface area contributed by atoms with E-state index in [9.17, 15) is 9.90 Å². The molecule has 0 unspecified atom stereocenters. The summed E-state index contributed by atoms with van der Waals surface area (Å²) in [6, 6.07) is 5.00. The molecule has 0 heterocycles. The summed E-state index contributed by atoms with van der Waals surface area (Å²) in [5, 5.41) is 9.88. The van der Waals surface area contributed by atoms with Gasteiger partial charge in [-0.1, -0.05) is 20.8 Å². The minimum absolute atomic E-state index is 0.0387. The fourth-order valence-electron chi connectivity index (χ4n) is 1.44. The molecule has 0 aliphatic heterocycles. The molecule has 0 aromatic heterocycles. The van der Waals surface area contributed by atoms with Crippen molar-refractivity contribution >= 4 is 14.3 Å². The molecule has 0 amide bonds. The third kappa shape index (κ3) is 4.00. The number of phenols is 1. The van der Waals surface area contributed by atoms with Gasteiger partial charge in [0.2, 0.25) is 8.32 Å². The van der Waals surface area contributed by atoms with Gasteiger partial charge >= 0.3 is 5.97 Å². The van der Waals surface area contributed by atoms with Gasteiger partial charge in [0, 0.05) is 5.56 Å². The molecular weight excluding hydrogens is 272 g/mol. The van der Waals surface area contributed by atoms with Crippen LogP contribution in [0.2, 0.25) is 18.1 Å². The Kier molecular flexibility index (Phi) is 4.86. The summed E-state index contributed by atoms with van der Waals surface area (Å²) in [4.78, 5) is 11.3. The first-order valence-corrected chi connectivity index (χ1v) is 9.55. The summed E-state index contributed by atoms with van der Waals surface area (Å²) in [5.74, 6) is 0.385. The lowest BCUT2D eigenvalue weighted by Crippen LogP contribution is -2.43. The van der Waals surface area contributed by atoms with Crippen LogP contribution in [0.15, 0.2) is 18.2 Å². The first kappa shape index (κ1) is 16.6. The highest BCUT2D eigenvalue weighted by Gasteiger charge is 2.39. The van der Waals surface area contributed by atoms with Gasteiger partial charge in [0.1, 0.15) is 11.5 Å². The topological polar surface area (TPSA) is 55.8 Å². The number of benzene rings is 1. The standard InChI is InChI=1S/C15H24O4Si/c1-15(2,3)20(5,6)19-12-7-8-13(16)11(9-12)10-14(17)18-4/h7-9,16H,10H2,1-6H3. The Morgan fingerprint density at radius 2 is 1.90 bits per heavy atom. The number of aromatic hydroxyl groups is 1. The Bertz CT molecular complexity index is 489. The quantitative estimate of drug-likeness (QED) is 0.682. The molecule has 4 nitrogen and oxygen atoms in total. The van der Waals surface area contributed by atoms with Crippen molar-refractivity contribution in [1.82, 2.24) is 0 Å². The second kappa shape index (κ2) is 5.87. The maximum absolute atomic E-state index is 11.3. The third-order valence-corrected chi connectivity index (χ3v) is 8.15. The average Bonchev–Trinajstić information content (AvgIpc) is 2.31. The van der Waals surface area contributed by atoms with Gasteiger partial charge in [0.25, 0.3) is 0 Å². The molecule has 1 aromatic carbocycles. The molecule has 20 heavy (non-hydrogen) atoms. The average molecular weight is 296 g/mol. The smallest absolute Gasteiger partial charge is 0.310 e. The van der Waals surface area contributed by atoms with Gasteiger partial charge in [0.05, 0.1) is 13.5 Å². The Hall–Kier alpha value is -1.49. The Morgan fingerprint density at radius 1 is 1.30 bits per heavy atom. The van der Waals surface area contributed by atoms with E-state index in [1.54, 1.807) is 18.2 Å². The molecule has 0 saturated heterocycles. The van der Waals surface area contributed by atoms with Crippen LogP contribution in [0.5, 0.6) is 11.5 Å². The Labute approximate surface area is 121 Å². The number of carbonyl (C=O) groups is 1. The van der Waals surface area contributed by atoms with Crippen molar-refractivity contribution in [3.05, 3.63) is 23.8 Å². The van der Waals surface area contributed by atoms with Crippen molar-refractivity contribution in [3.8, 4) is 11.5 Å². The molecule has 112 valence electrons. The van der Waals surface area contributed by atoms with E-state index in [1.807, 2.05) is 0 Å². The summed E-state index contributed by atoms with van der Waals surface area (Å²) in [7, 11) is -0.603. The first-order valence-electron chi connectivity index (χ1n) is 6.64. The van der Waals surface area contributed by atoms with E-state index in [4.69, 9.17) is 4.43 Å². The molecule has 0 radical (unpaired) electrons. The SMILES string of the molecule is COC(=O)Cc1cc(O[Si](C)(C)C(C)(C)C)ccc1O. The number of methoxy groups -OCH3 is 1. The second-order valence-electron chi connectivity index (χ2n) is 6.41. The molecule has 5 heteroatoms. The largest absolute Gasteiger partial charge is 0.543 e. The zero-order chi connectivity index (χ0) is 15.6. The van der Waals surface area contributed by atoms with Gasteiger partial charge in [-0.2, -0.15) is 0 Å². The molecule has 1 rings (SSSR count). The Morgan fingerprint density at radius 3 is 2.40 bits per heavy atom. The third-order valence-electron chi connectivity index (χ3n) is 3.79. The van der Waals surface area contributed by atoms with Crippen molar-refractivity contribution in [2.75, 3.05) is 7.11 Å². The van der Waals surface area contributed by atoms with Crippen molar-refractivity contribution < 1.29 is 19.1 Å². The summed E-state index contributed by atoms with van der Waals surface area (Å²) in [6.45, 7) is 10.8. The van der Waals surface area contributed by atoms with Gasteiger partial charge in [-0.25, -0.2) is 0 Å². The minimum Gasteiger partial charge on any atom is -0.543 e. The van der Waals surface area contributed by atoms with E-state index in [-0.39, 0.29) is 23.2 Å². The van der Waals surface area contributed by atoms with Crippen LogP contribution < -0.4 is 4.43 Å². The van der Waals surface area contributed by atoms with Crippen molar-refractivity contribution in [2.45, 2.75) is 45.3 Å². The lowest BCUT2D eigenvalue weighted by atomic mass is 10.1. The number of hydrogen-bond acceptors (Lipinski definition) is 4. The van der Waals surface area contributed by atoms with Gasteiger partial charge in [-0.15, -0.1) is 0 Å². The van der Waals surface area contributed by atoms with Crippen LogP contribution >= 0.6 is 0 Å². The maximum atomic E-state index is 11.3. The Balaban J connectivity index is 2.99. The van der Waals surface area contributed by atoms with Crippen LogP contribution in [0.1, 0.15) is 26.3 Å². The predicted octanol–water partition coefficient (Wildman–Crippen LogP) is 3.49. The lowest BCUT2D eigenvalue weighted by Gasteiger charge is -2.36. The van der Waals surface area contributed by atoms with Crippen molar-refractivity contribution in [2.24, 2.45) is 0 Å². The van der Waals surface area contributed by atoms with E-state index in [2.05, 4.69) is 38.6 Å². The number of rotatable bonds is 4. The van der Waals surface area contributed by atoms with Crippen molar-refractivity contribution in [3.63, 3.8) is 0 Å². The zero-order valence-electron chi connectivity index (χ0n) is 13.1. The van der Waals surface area contributed by atoms with Crippen LogP contribution in [-0.4, -0.2) is 26.5 Å². The van der Waals surface area contributed by atoms with E-state index in [1.165, 1.54) is 7.11 Å². The molecule has 0 aliphatic carbocycles. The highest BCUT2D eigenvalue weighted by Crippen LogP contribution is 2.38. The summed E-state index contributed by atoms with van der Waals surface area (Å²) in [6.07, 6.45) is 0.0387. The van der Waals surface area contributed by atoms with Gasteiger partial charge in [-0.05, 0) is 36.3 Å². The molecule has 1 aromatic rings. The van der Waals surface area contributed by atoms with Crippen LogP contribution in [0.25, 0.3) is 0 Å². The molecule has 0 fully saturated rings. The van der Waals surface area contributed by atoms with E-state index < -0.39 is 8.32 Å². The van der Waals surface area contributed by atoms with Crippen LogP contribution in [0.3, 0.4) is 0 Å². The van der Waals surface area contributed by atoms with Crippen LogP contribution in [-0.2, 0) is 16.0 Å². The fraction of sp³-hybridized carbons (Fsp3) is 0.533. The predicted molar refractivity (Wildman–Crippen MR) is 81.7 cm³/mol. The molecule has 0 atom stereocenters. The molecule has 0 aliphatic rings. The molecular formula is C15H24O4Si. The summed E-state index contributed by atoms with van der Waals surface area (Å²) < 4.78 is 10.8. The number of esters is 1. The monoisotopic (exact) mass is 296 g/mol. The molecule has 0 bridgehead atoms. The van der Waals surface area contributed by atoms with Crippen LogP contribution in [0, 0.1) is 0 Å². The van der Waals surface area contributed by atoms with Gasteiger partial charge in [-0.3, -0.25) is 4.79 Å². The molecule has 0 spiro atoms. The second-order valence-corrected chi connectivity index (χ2v) is 11.1. The van der Waals surface area contributed by atoms with E-state index >= 15 is 0 Å². The lowest BCUT2D eigenvalue weighted by molar-refractivity contribution is -0.139. The van der Waals surface area contributed by atoms with Crippen LogP contribution in [0.4, 0.5) is 0 Å². The van der Waals surface area contributed by atoms with Gasteiger partial charge in [0.15, 0.2) is 0 Å². The molecule has 0 saturated carbocycles. The number of phenolic OH excluding ortho intramolecular Hbond substituents is 1. The number of carbonyl (C=O) groups excluding carboxylic acids is 1. The van der Waals surface area contributed by atoms with E-state index in [0.29, 0.717) is 11.3 Å². The normalized spacial score (nSPS) is 12.1. The highest BCUT2D eigenvalue weighted by atomic mass is 28.4. The first-order chi connectivity index (χ1) is 9.06. The van der Waals surface area contributed by atoms with E-state index in [0.717, 1.165) is 0 Å². The number of hydrogen-bond donors (Lipinski definition) is 1. The van der Waals surface area contributed by atoms with Gasteiger partial charge < -0.3 is 14.3 Å². The summed E-state index contributed by atoms with van der Waals surface area (Å²) in [5.41, 5.74) is 0.521. The number of ether oxygens (including phenoxy) is 1. The maximum Gasteiger partial charge on any atom is 0.310 e. The molecule has 1 N–H and O–H groups in total. The summed E-state index contributed by atoms with van der Waals surface area (Å²) >= 11 is 0.